The lowest BCUT2D eigenvalue weighted by atomic mass is 9.77. The molecule has 2 N–H and O–H groups in total. The van der Waals surface area contributed by atoms with Gasteiger partial charge in [0, 0.05) is 5.54 Å². The Labute approximate surface area is 92.5 Å². The van der Waals surface area contributed by atoms with Crippen molar-refractivity contribution in [2.75, 3.05) is 0 Å². The Balaban J connectivity index is 2.61. The highest BCUT2D eigenvalue weighted by Crippen LogP contribution is 2.40. The van der Waals surface area contributed by atoms with Crippen LogP contribution in [-0.2, 0) is 18.1 Å². The van der Waals surface area contributed by atoms with Crippen LogP contribution >= 0.6 is 0 Å². The number of benzene rings is 1. The minimum Gasteiger partial charge on any atom is -0.322 e. The van der Waals surface area contributed by atoms with Crippen LogP contribution in [0, 0.1) is 0 Å². The number of hydrogen-bond acceptors (Lipinski definition) is 1. The molecule has 0 radical (unpaired) electrons. The molecule has 2 rings (SSSR count). The predicted octanol–water partition coefficient (Wildman–Crippen LogP) is 3.22. The van der Waals surface area contributed by atoms with Crippen molar-refractivity contribution in [1.29, 1.82) is 0 Å². The maximum absolute atomic E-state index is 12.8. The molecule has 0 aromatic heterocycles. The van der Waals surface area contributed by atoms with Gasteiger partial charge in [-0.1, -0.05) is 12.1 Å². The topological polar surface area (TPSA) is 26.0 Å². The monoisotopic (exact) mass is 229 g/mol. The second kappa shape index (κ2) is 3.48. The van der Waals surface area contributed by atoms with Crippen molar-refractivity contribution in [3.8, 4) is 0 Å². The summed E-state index contributed by atoms with van der Waals surface area (Å²) >= 11 is 0. The molecule has 0 spiro atoms. The van der Waals surface area contributed by atoms with Gasteiger partial charge in [-0.25, -0.2) is 0 Å². The normalized spacial score (nSPS) is 25.3. The van der Waals surface area contributed by atoms with E-state index in [1.807, 2.05) is 0 Å². The summed E-state index contributed by atoms with van der Waals surface area (Å²) in [5.74, 6) is 0. The summed E-state index contributed by atoms with van der Waals surface area (Å²) in [5.41, 5.74) is 5.91. The average molecular weight is 229 g/mol. The highest BCUT2D eigenvalue weighted by Gasteiger charge is 2.38. The summed E-state index contributed by atoms with van der Waals surface area (Å²) in [7, 11) is 0. The van der Waals surface area contributed by atoms with Crippen LogP contribution in [0.15, 0.2) is 18.2 Å². The first-order valence-corrected chi connectivity index (χ1v) is 5.31. The van der Waals surface area contributed by atoms with E-state index >= 15 is 0 Å². The van der Waals surface area contributed by atoms with Crippen molar-refractivity contribution >= 4 is 0 Å². The third kappa shape index (κ3) is 1.82. The molecule has 1 atom stereocenters. The van der Waals surface area contributed by atoms with Crippen LogP contribution in [-0.4, -0.2) is 0 Å². The second-order valence-corrected chi connectivity index (χ2v) is 4.60. The van der Waals surface area contributed by atoms with Crippen LogP contribution in [0.5, 0.6) is 0 Å². The van der Waals surface area contributed by atoms with E-state index in [2.05, 4.69) is 0 Å². The van der Waals surface area contributed by atoms with E-state index in [4.69, 9.17) is 5.73 Å². The predicted molar refractivity (Wildman–Crippen MR) is 55.9 cm³/mol. The molecule has 1 aromatic carbocycles. The van der Waals surface area contributed by atoms with E-state index in [1.54, 1.807) is 13.0 Å². The van der Waals surface area contributed by atoms with Gasteiger partial charge in [0.05, 0.1) is 5.56 Å². The van der Waals surface area contributed by atoms with Crippen LogP contribution in [0.4, 0.5) is 13.2 Å². The molecule has 1 aliphatic rings. The fraction of sp³-hybridized carbons (Fsp3) is 0.500. The number of hydrogen-bond donors (Lipinski definition) is 1. The number of alkyl halides is 3. The molecule has 0 bridgehead atoms. The highest BCUT2D eigenvalue weighted by atomic mass is 19.4. The van der Waals surface area contributed by atoms with E-state index in [9.17, 15) is 13.2 Å². The van der Waals surface area contributed by atoms with Gasteiger partial charge in [-0.2, -0.15) is 13.2 Å². The molecule has 0 saturated heterocycles. The zero-order chi connectivity index (χ0) is 12.0. The van der Waals surface area contributed by atoms with Gasteiger partial charge in [0.25, 0.3) is 0 Å². The third-order valence-electron chi connectivity index (χ3n) is 3.22. The summed E-state index contributed by atoms with van der Waals surface area (Å²) in [6.07, 6.45) is -2.36. The molecule has 1 aliphatic carbocycles. The van der Waals surface area contributed by atoms with Gasteiger partial charge in [-0.05, 0) is 43.4 Å². The summed E-state index contributed by atoms with van der Waals surface area (Å²) in [6, 6.07) is 4.29. The Morgan fingerprint density at radius 1 is 1.31 bits per heavy atom. The first-order chi connectivity index (χ1) is 7.32. The van der Waals surface area contributed by atoms with Gasteiger partial charge in [0.2, 0.25) is 0 Å². The smallest absolute Gasteiger partial charge is 0.322 e. The molecule has 0 fully saturated rings. The maximum Gasteiger partial charge on any atom is 0.416 e. The summed E-state index contributed by atoms with van der Waals surface area (Å²) in [4.78, 5) is 0. The van der Waals surface area contributed by atoms with Gasteiger partial charge < -0.3 is 5.73 Å². The first kappa shape index (κ1) is 11.5. The van der Waals surface area contributed by atoms with E-state index in [0.29, 0.717) is 24.0 Å². The molecule has 1 unspecified atom stereocenters. The van der Waals surface area contributed by atoms with E-state index in [1.165, 1.54) is 6.07 Å². The van der Waals surface area contributed by atoms with Gasteiger partial charge in [-0.3, -0.25) is 0 Å². The molecule has 1 nitrogen and oxygen atoms in total. The molecular weight excluding hydrogens is 215 g/mol. The van der Waals surface area contributed by atoms with Gasteiger partial charge in [0.15, 0.2) is 0 Å². The average Bonchev–Trinajstić information content (AvgIpc) is 2.15. The van der Waals surface area contributed by atoms with Crippen LogP contribution in [0.25, 0.3) is 0 Å². The quantitative estimate of drug-likeness (QED) is 0.726. The van der Waals surface area contributed by atoms with E-state index < -0.39 is 17.3 Å². The third-order valence-corrected chi connectivity index (χ3v) is 3.22. The lowest BCUT2D eigenvalue weighted by Gasteiger charge is -2.33. The van der Waals surface area contributed by atoms with Crippen LogP contribution in [0.1, 0.15) is 36.5 Å². The minimum absolute atomic E-state index is 0.381. The fourth-order valence-electron chi connectivity index (χ4n) is 2.42. The molecule has 16 heavy (non-hydrogen) atoms. The molecule has 1 aromatic rings. The minimum atomic E-state index is -4.28. The van der Waals surface area contributed by atoms with Gasteiger partial charge >= 0.3 is 6.18 Å². The second-order valence-electron chi connectivity index (χ2n) is 4.60. The van der Waals surface area contributed by atoms with Crippen molar-refractivity contribution in [2.45, 2.75) is 37.9 Å². The largest absolute Gasteiger partial charge is 0.416 e. The van der Waals surface area contributed by atoms with Gasteiger partial charge in [0.1, 0.15) is 0 Å². The maximum atomic E-state index is 12.8. The van der Waals surface area contributed by atoms with Crippen molar-refractivity contribution in [3.05, 3.63) is 34.9 Å². The SMILES string of the molecule is CC1(N)CCCc2c(C(F)(F)F)cccc21. The van der Waals surface area contributed by atoms with Crippen molar-refractivity contribution in [2.24, 2.45) is 5.73 Å². The van der Waals surface area contributed by atoms with Gasteiger partial charge in [-0.15, -0.1) is 0 Å². The lowest BCUT2D eigenvalue weighted by Crippen LogP contribution is -2.37. The van der Waals surface area contributed by atoms with E-state index in [0.717, 1.165) is 12.5 Å². The number of fused-ring (bicyclic) bond motifs is 1. The summed E-state index contributed by atoms with van der Waals surface area (Å²) < 4.78 is 38.4. The highest BCUT2D eigenvalue weighted by molar-refractivity contribution is 5.42. The van der Waals surface area contributed by atoms with Crippen molar-refractivity contribution in [3.63, 3.8) is 0 Å². The standard InChI is InChI=1S/C12H14F3N/c1-11(16)7-3-4-8-9(11)5-2-6-10(8)12(13,14)15/h2,5-6H,3-4,7,16H2,1H3. The summed E-state index contributed by atoms with van der Waals surface area (Å²) in [5, 5.41) is 0. The number of halogens is 3. The van der Waals surface area contributed by atoms with Crippen LogP contribution < -0.4 is 5.73 Å². The number of rotatable bonds is 0. The molecule has 0 heterocycles. The molecule has 88 valence electrons. The molecule has 0 aliphatic heterocycles. The Morgan fingerprint density at radius 3 is 2.62 bits per heavy atom. The molecular formula is C12H14F3N. The Hall–Kier alpha value is -1.03. The molecule has 0 amide bonds. The van der Waals surface area contributed by atoms with Crippen LogP contribution in [0.2, 0.25) is 0 Å². The Kier molecular flexibility index (Phi) is 2.49. The molecule has 0 saturated carbocycles. The Bertz CT molecular complexity index is 393. The van der Waals surface area contributed by atoms with Crippen LogP contribution in [0.3, 0.4) is 0 Å². The van der Waals surface area contributed by atoms with Crippen molar-refractivity contribution in [1.82, 2.24) is 0 Å². The summed E-state index contributed by atoms with van der Waals surface area (Å²) in [6.45, 7) is 1.80. The van der Waals surface area contributed by atoms with Crippen molar-refractivity contribution < 1.29 is 13.2 Å². The first-order valence-electron chi connectivity index (χ1n) is 5.31. The Morgan fingerprint density at radius 2 is 2.00 bits per heavy atom. The number of nitrogens with two attached hydrogens (primary N) is 1. The molecule has 4 heteroatoms. The lowest BCUT2D eigenvalue weighted by molar-refractivity contribution is -0.138. The zero-order valence-electron chi connectivity index (χ0n) is 9.06. The zero-order valence-corrected chi connectivity index (χ0v) is 9.06. The van der Waals surface area contributed by atoms with E-state index in [-0.39, 0.29) is 0 Å². The fourth-order valence-corrected chi connectivity index (χ4v) is 2.42.